The minimum atomic E-state index is 0.197. The molecule has 0 amide bonds. The number of anilines is 1. The topological polar surface area (TPSA) is 29.1 Å². The molecule has 0 radical (unpaired) electrons. The first-order valence-electron chi connectivity index (χ1n) is 7.84. The molecule has 3 heteroatoms. The average Bonchev–Trinajstić information content (AvgIpc) is 3.28. The SMILES string of the molecule is O=C(c1ccccc1)c1sc(NC2CC2)c2c1CCCC2. The first kappa shape index (κ1) is 13.1. The molecule has 0 bridgehead atoms. The zero-order valence-corrected chi connectivity index (χ0v) is 12.8. The summed E-state index contributed by atoms with van der Waals surface area (Å²) in [6.45, 7) is 0. The van der Waals surface area contributed by atoms with Crippen molar-refractivity contribution in [2.75, 3.05) is 5.32 Å². The molecule has 0 atom stereocenters. The molecule has 4 rings (SSSR count). The Labute approximate surface area is 129 Å². The molecule has 0 saturated heterocycles. The largest absolute Gasteiger partial charge is 0.374 e. The Morgan fingerprint density at radius 2 is 1.76 bits per heavy atom. The van der Waals surface area contributed by atoms with Gasteiger partial charge in [0.05, 0.1) is 9.88 Å². The van der Waals surface area contributed by atoms with Crippen LogP contribution in [0.1, 0.15) is 52.0 Å². The molecule has 1 heterocycles. The number of carbonyl (C=O) groups excluding carboxylic acids is 1. The van der Waals surface area contributed by atoms with E-state index >= 15 is 0 Å². The molecule has 2 aliphatic rings. The Bertz CT molecular complexity index is 670. The fourth-order valence-electron chi connectivity index (χ4n) is 3.07. The van der Waals surface area contributed by atoms with Crippen molar-refractivity contribution >= 4 is 22.1 Å². The maximum absolute atomic E-state index is 12.8. The molecule has 0 aliphatic heterocycles. The predicted octanol–water partition coefficient (Wildman–Crippen LogP) is 4.43. The van der Waals surface area contributed by atoms with Gasteiger partial charge in [0.25, 0.3) is 0 Å². The molecule has 0 spiro atoms. The standard InChI is InChI=1S/C18H19NOS/c20-16(12-6-2-1-3-7-12)17-14-8-4-5-9-15(14)18(21-17)19-13-10-11-13/h1-3,6-7,13,19H,4-5,8-11H2. The molecular formula is C18H19NOS. The number of carbonyl (C=O) groups is 1. The maximum Gasteiger partial charge on any atom is 0.203 e. The van der Waals surface area contributed by atoms with E-state index in [2.05, 4.69) is 5.32 Å². The quantitative estimate of drug-likeness (QED) is 0.846. The van der Waals surface area contributed by atoms with Gasteiger partial charge in [-0.25, -0.2) is 0 Å². The lowest BCUT2D eigenvalue weighted by molar-refractivity contribution is 0.104. The highest BCUT2D eigenvalue weighted by atomic mass is 32.1. The third-order valence-corrected chi connectivity index (χ3v) is 5.58. The van der Waals surface area contributed by atoms with Gasteiger partial charge in [-0.05, 0) is 49.7 Å². The van der Waals surface area contributed by atoms with E-state index < -0.39 is 0 Å². The fraction of sp³-hybridized carbons (Fsp3) is 0.389. The van der Waals surface area contributed by atoms with Crippen molar-refractivity contribution in [3.05, 3.63) is 51.9 Å². The second kappa shape index (κ2) is 5.30. The Kier molecular flexibility index (Phi) is 3.30. The van der Waals surface area contributed by atoms with E-state index in [0.29, 0.717) is 6.04 Å². The first-order chi connectivity index (χ1) is 10.3. The lowest BCUT2D eigenvalue weighted by Gasteiger charge is -2.14. The number of fused-ring (bicyclic) bond motifs is 1. The van der Waals surface area contributed by atoms with E-state index in [1.54, 1.807) is 11.3 Å². The van der Waals surface area contributed by atoms with Crippen LogP contribution in [0.2, 0.25) is 0 Å². The van der Waals surface area contributed by atoms with E-state index in [1.807, 2.05) is 30.3 Å². The molecule has 2 nitrogen and oxygen atoms in total. The van der Waals surface area contributed by atoms with E-state index in [4.69, 9.17) is 0 Å². The number of hydrogen-bond acceptors (Lipinski definition) is 3. The molecule has 1 aromatic heterocycles. The molecule has 0 unspecified atom stereocenters. The summed E-state index contributed by atoms with van der Waals surface area (Å²) < 4.78 is 0. The van der Waals surface area contributed by atoms with E-state index in [-0.39, 0.29) is 5.78 Å². The third-order valence-electron chi connectivity index (χ3n) is 4.37. The van der Waals surface area contributed by atoms with E-state index in [1.165, 1.54) is 41.8 Å². The summed E-state index contributed by atoms with van der Waals surface area (Å²) in [7, 11) is 0. The van der Waals surface area contributed by atoms with Crippen LogP contribution in [0.5, 0.6) is 0 Å². The minimum absolute atomic E-state index is 0.197. The molecule has 1 N–H and O–H groups in total. The Morgan fingerprint density at radius 3 is 2.48 bits per heavy atom. The first-order valence-corrected chi connectivity index (χ1v) is 8.65. The van der Waals surface area contributed by atoms with Crippen molar-refractivity contribution in [2.45, 2.75) is 44.6 Å². The second-order valence-corrected chi connectivity index (χ2v) is 7.06. The Morgan fingerprint density at radius 1 is 1.05 bits per heavy atom. The van der Waals surface area contributed by atoms with Crippen LogP contribution in [0.15, 0.2) is 30.3 Å². The van der Waals surface area contributed by atoms with Gasteiger partial charge in [0, 0.05) is 11.6 Å². The highest BCUT2D eigenvalue weighted by Gasteiger charge is 2.28. The number of hydrogen-bond donors (Lipinski definition) is 1. The van der Waals surface area contributed by atoms with Gasteiger partial charge in [-0.15, -0.1) is 11.3 Å². The van der Waals surface area contributed by atoms with Crippen LogP contribution in [0.4, 0.5) is 5.00 Å². The van der Waals surface area contributed by atoms with Crippen LogP contribution in [-0.2, 0) is 12.8 Å². The van der Waals surface area contributed by atoms with Gasteiger partial charge < -0.3 is 5.32 Å². The maximum atomic E-state index is 12.8. The monoisotopic (exact) mass is 297 g/mol. The summed E-state index contributed by atoms with van der Waals surface area (Å²) in [6.07, 6.45) is 7.20. The molecule has 108 valence electrons. The van der Waals surface area contributed by atoms with Gasteiger partial charge in [0.15, 0.2) is 0 Å². The highest BCUT2D eigenvalue weighted by molar-refractivity contribution is 7.18. The molecule has 2 aromatic rings. The lowest BCUT2D eigenvalue weighted by atomic mass is 9.91. The van der Waals surface area contributed by atoms with Crippen LogP contribution < -0.4 is 5.32 Å². The minimum Gasteiger partial charge on any atom is -0.374 e. The van der Waals surface area contributed by atoms with Gasteiger partial charge >= 0.3 is 0 Å². The van der Waals surface area contributed by atoms with Crippen molar-refractivity contribution in [3.8, 4) is 0 Å². The average molecular weight is 297 g/mol. The van der Waals surface area contributed by atoms with Gasteiger partial charge in [0.1, 0.15) is 0 Å². The number of nitrogens with one attached hydrogen (secondary N) is 1. The fourth-order valence-corrected chi connectivity index (χ4v) is 4.40. The predicted molar refractivity (Wildman–Crippen MR) is 87.5 cm³/mol. The van der Waals surface area contributed by atoms with Gasteiger partial charge in [0.2, 0.25) is 5.78 Å². The molecule has 2 aliphatic carbocycles. The highest BCUT2D eigenvalue weighted by Crippen LogP contribution is 2.41. The van der Waals surface area contributed by atoms with E-state index in [9.17, 15) is 4.79 Å². The van der Waals surface area contributed by atoms with Crippen LogP contribution >= 0.6 is 11.3 Å². The summed E-state index contributed by atoms with van der Waals surface area (Å²) >= 11 is 1.69. The summed E-state index contributed by atoms with van der Waals surface area (Å²) in [5.74, 6) is 0.197. The normalized spacial score (nSPS) is 17.3. The summed E-state index contributed by atoms with van der Waals surface area (Å²) in [5.41, 5.74) is 3.56. The van der Waals surface area contributed by atoms with Crippen molar-refractivity contribution < 1.29 is 4.79 Å². The smallest absolute Gasteiger partial charge is 0.203 e. The zero-order valence-electron chi connectivity index (χ0n) is 12.0. The number of benzene rings is 1. The van der Waals surface area contributed by atoms with Crippen LogP contribution in [0.25, 0.3) is 0 Å². The molecule has 21 heavy (non-hydrogen) atoms. The van der Waals surface area contributed by atoms with Gasteiger partial charge in [-0.3, -0.25) is 4.79 Å². The van der Waals surface area contributed by atoms with Crippen molar-refractivity contribution in [3.63, 3.8) is 0 Å². The summed E-state index contributed by atoms with van der Waals surface area (Å²) in [5, 5.41) is 4.91. The lowest BCUT2D eigenvalue weighted by Crippen LogP contribution is -2.08. The zero-order chi connectivity index (χ0) is 14.2. The number of thiophene rings is 1. The van der Waals surface area contributed by atoms with E-state index in [0.717, 1.165) is 23.3 Å². The summed E-state index contributed by atoms with van der Waals surface area (Å²) in [4.78, 5) is 13.8. The van der Waals surface area contributed by atoms with Crippen LogP contribution in [0.3, 0.4) is 0 Å². The summed E-state index contributed by atoms with van der Waals surface area (Å²) in [6, 6.07) is 10.3. The van der Waals surface area contributed by atoms with Crippen molar-refractivity contribution in [2.24, 2.45) is 0 Å². The Balaban J connectivity index is 1.74. The molecule has 1 fully saturated rings. The second-order valence-electron chi connectivity index (χ2n) is 6.04. The molecular weight excluding hydrogens is 278 g/mol. The van der Waals surface area contributed by atoms with Crippen LogP contribution in [-0.4, -0.2) is 11.8 Å². The molecule has 1 aromatic carbocycles. The van der Waals surface area contributed by atoms with Crippen molar-refractivity contribution in [1.29, 1.82) is 0 Å². The molecule has 1 saturated carbocycles. The van der Waals surface area contributed by atoms with Crippen molar-refractivity contribution in [1.82, 2.24) is 0 Å². The van der Waals surface area contributed by atoms with Crippen LogP contribution in [0, 0.1) is 0 Å². The third kappa shape index (κ3) is 2.51. The number of rotatable bonds is 4. The van der Waals surface area contributed by atoms with Gasteiger partial charge in [-0.2, -0.15) is 0 Å². The van der Waals surface area contributed by atoms with Gasteiger partial charge in [-0.1, -0.05) is 30.3 Å². The Hall–Kier alpha value is -1.61. The number of ketones is 1.